The van der Waals surface area contributed by atoms with Crippen LogP contribution in [0.5, 0.6) is 5.75 Å². The Hall–Kier alpha value is -2.78. The van der Waals surface area contributed by atoms with Crippen molar-refractivity contribution in [2.75, 3.05) is 0 Å². The molecule has 0 N–H and O–H groups in total. The first-order valence-electron chi connectivity index (χ1n) is 4.96. The average Bonchev–Trinajstić information content (AvgIpc) is 2.39. The van der Waals surface area contributed by atoms with Crippen LogP contribution >= 0.6 is 0 Å². The lowest BCUT2D eigenvalue weighted by Gasteiger charge is -2.18. The topological polar surface area (TPSA) is 56.8 Å². The molecule has 0 amide bonds. The zero-order valence-electron chi connectivity index (χ0n) is 8.97. The number of rotatable bonds is 1. The van der Waals surface area contributed by atoms with Crippen LogP contribution in [0.3, 0.4) is 0 Å². The van der Waals surface area contributed by atoms with Crippen LogP contribution in [-0.2, 0) is 0 Å². The molecule has 17 heavy (non-hydrogen) atoms. The van der Waals surface area contributed by atoms with Crippen molar-refractivity contribution < 1.29 is 4.74 Å². The quantitative estimate of drug-likeness (QED) is 0.683. The number of nitrogens with zero attached hydrogens (tertiary/aromatic N) is 2. The second kappa shape index (κ2) is 4.38. The molecule has 0 bridgehead atoms. The molecule has 0 unspecified atom stereocenters. The van der Waals surface area contributed by atoms with Gasteiger partial charge in [-0.2, -0.15) is 10.5 Å². The van der Waals surface area contributed by atoms with Crippen LogP contribution in [-0.4, -0.2) is 0 Å². The molecule has 3 nitrogen and oxygen atoms in total. The number of para-hydroxylation sites is 1. The largest absolute Gasteiger partial charge is 0.457 e. The summed E-state index contributed by atoms with van der Waals surface area (Å²) < 4.78 is 5.54. The Labute approximate surface area is 99.2 Å². The maximum absolute atomic E-state index is 8.94. The van der Waals surface area contributed by atoms with Crippen molar-refractivity contribution in [3.8, 4) is 17.9 Å². The minimum Gasteiger partial charge on any atom is -0.457 e. The Balaban J connectivity index is 2.73. The summed E-state index contributed by atoms with van der Waals surface area (Å²) in [4.78, 5) is 0. The monoisotopic (exact) mass is 220 g/mol. The van der Waals surface area contributed by atoms with Crippen molar-refractivity contribution in [3.05, 3.63) is 59.9 Å². The van der Waals surface area contributed by atoms with Crippen molar-refractivity contribution in [2.24, 2.45) is 0 Å². The zero-order valence-corrected chi connectivity index (χ0v) is 8.97. The van der Waals surface area contributed by atoms with Gasteiger partial charge in [-0.1, -0.05) is 24.8 Å². The van der Waals surface area contributed by atoms with Gasteiger partial charge in [0.2, 0.25) is 0 Å². The van der Waals surface area contributed by atoms with Crippen molar-refractivity contribution in [1.29, 1.82) is 10.5 Å². The Morgan fingerprint density at radius 3 is 2.59 bits per heavy atom. The fraction of sp³-hybridized carbons (Fsp3) is 0. The highest BCUT2D eigenvalue weighted by Crippen LogP contribution is 2.35. The number of hydrogen-bond acceptors (Lipinski definition) is 3. The smallest absolute Gasteiger partial charge is 0.137 e. The summed E-state index contributed by atoms with van der Waals surface area (Å²) in [5, 5.41) is 17.9. The van der Waals surface area contributed by atoms with E-state index in [1.54, 1.807) is 18.2 Å². The van der Waals surface area contributed by atoms with Gasteiger partial charge in [0.15, 0.2) is 0 Å². The fourth-order valence-electron chi connectivity index (χ4n) is 1.61. The lowest BCUT2D eigenvalue weighted by Crippen LogP contribution is -2.03. The molecule has 3 heteroatoms. The van der Waals surface area contributed by atoms with Crippen LogP contribution in [0.15, 0.2) is 54.3 Å². The second-order valence-corrected chi connectivity index (χ2v) is 3.36. The molecular formula is C14H8N2O. The summed E-state index contributed by atoms with van der Waals surface area (Å²) in [6.45, 7) is 3.62. The van der Waals surface area contributed by atoms with E-state index in [1.807, 2.05) is 30.3 Å². The van der Waals surface area contributed by atoms with Crippen molar-refractivity contribution in [1.82, 2.24) is 0 Å². The predicted octanol–water partition coefficient (Wildman–Crippen LogP) is 2.95. The van der Waals surface area contributed by atoms with E-state index in [1.165, 1.54) is 0 Å². The van der Waals surface area contributed by atoms with E-state index in [2.05, 4.69) is 6.58 Å². The molecule has 0 saturated heterocycles. The number of ether oxygens (including phenoxy) is 1. The molecule has 0 spiro atoms. The van der Waals surface area contributed by atoms with Gasteiger partial charge >= 0.3 is 0 Å². The third kappa shape index (κ3) is 1.82. The normalized spacial score (nSPS) is 12.4. The number of hydrogen-bond donors (Lipinski definition) is 0. The molecule has 1 aliphatic rings. The number of nitriles is 2. The minimum absolute atomic E-state index is 0.0695. The Morgan fingerprint density at radius 1 is 1.24 bits per heavy atom. The van der Waals surface area contributed by atoms with Crippen molar-refractivity contribution >= 4 is 5.57 Å². The van der Waals surface area contributed by atoms with Crippen LogP contribution in [0, 0.1) is 22.7 Å². The Kier molecular flexibility index (Phi) is 2.77. The maximum Gasteiger partial charge on any atom is 0.137 e. The molecular weight excluding hydrogens is 212 g/mol. The molecule has 1 aliphatic heterocycles. The van der Waals surface area contributed by atoms with E-state index in [0.717, 1.165) is 5.56 Å². The van der Waals surface area contributed by atoms with Crippen molar-refractivity contribution in [3.63, 3.8) is 0 Å². The third-order valence-corrected chi connectivity index (χ3v) is 2.39. The molecule has 80 valence electrons. The van der Waals surface area contributed by atoms with Gasteiger partial charge in [-0.25, -0.2) is 0 Å². The molecule has 0 radical (unpaired) electrons. The summed E-state index contributed by atoms with van der Waals surface area (Å²) >= 11 is 0. The van der Waals surface area contributed by atoms with Gasteiger partial charge in [0.1, 0.15) is 29.2 Å². The van der Waals surface area contributed by atoms with E-state index in [0.29, 0.717) is 17.1 Å². The predicted molar refractivity (Wildman–Crippen MR) is 63.5 cm³/mol. The highest BCUT2D eigenvalue weighted by Gasteiger charge is 2.18. The SMILES string of the molecule is C=CC1=CC(=C(C#N)C#N)c2ccccc2O1. The van der Waals surface area contributed by atoms with Gasteiger partial charge in [0.05, 0.1) is 0 Å². The highest BCUT2D eigenvalue weighted by atomic mass is 16.5. The lowest BCUT2D eigenvalue weighted by atomic mass is 9.97. The first kappa shape index (κ1) is 10.7. The Bertz CT molecular complexity index is 608. The van der Waals surface area contributed by atoms with E-state index < -0.39 is 0 Å². The number of fused-ring (bicyclic) bond motifs is 1. The lowest BCUT2D eigenvalue weighted by molar-refractivity contribution is 0.439. The number of benzene rings is 1. The third-order valence-electron chi connectivity index (χ3n) is 2.39. The fourth-order valence-corrected chi connectivity index (χ4v) is 1.61. The Morgan fingerprint density at radius 2 is 1.94 bits per heavy atom. The first-order chi connectivity index (χ1) is 8.30. The van der Waals surface area contributed by atoms with Gasteiger partial charge in [-0.05, 0) is 18.2 Å². The van der Waals surface area contributed by atoms with E-state index in [4.69, 9.17) is 15.3 Å². The summed E-state index contributed by atoms with van der Waals surface area (Å²) in [5.41, 5.74) is 1.39. The van der Waals surface area contributed by atoms with E-state index in [-0.39, 0.29) is 5.57 Å². The highest BCUT2D eigenvalue weighted by molar-refractivity contribution is 5.86. The molecule has 1 aromatic rings. The van der Waals surface area contributed by atoms with Gasteiger partial charge in [0, 0.05) is 11.1 Å². The maximum atomic E-state index is 8.94. The minimum atomic E-state index is 0.0695. The average molecular weight is 220 g/mol. The molecule has 0 saturated carbocycles. The molecule has 0 aliphatic carbocycles. The van der Waals surface area contributed by atoms with Gasteiger partial charge < -0.3 is 4.74 Å². The van der Waals surface area contributed by atoms with Crippen LogP contribution in [0.4, 0.5) is 0 Å². The molecule has 1 heterocycles. The standard InChI is InChI=1S/C14H8N2O/c1-2-11-7-13(10(8-15)9-16)12-5-3-4-6-14(12)17-11/h2-7H,1H2. The van der Waals surface area contributed by atoms with E-state index in [9.17, 15) is 0 Å². The molecule has 0 fully saturated rings. The van der Waals surface area contributed by atoms with Crippen LogP contribution < -0.4 is 4.74 Å². The summed E-state index contributed by atoms with van der Waals surface area (Å²) in [6, 6.07) is 11.1. The molecule has 2 rings (SSSR count). The van der Waals surface area contributed by atoms with Crippen LogP contribution in [0.2, 0.25) is 0 Å². The van der Waals surface area contributed by atoms with Crippen LogP contribution in [0.25, 0.3) is 5.57 Å². The summed E-state index contributed by atoms with van der Waals surface area (Å²) in [7, 11) is 0. The zero-order chi connectivity index (χ0) is 12.3. The van der Waals surface area contributed by atoms with Crippen LogP contribution in [0.1, 0.15) is 5.56 Å². The molecule has 1 aromatic carbocycles. The molecule has 0 aromatic heterocycles. The van der Waals surface area contributed by atoms with Gasteiger partial charge in [-0.15, -0.1) is 0 Å². The second-order valence-electron chi connectivity index (χ2n) is 3.36. The first-order valence-corrected chi connectivity index (χ1v) is 4.96. The van der Waals surface area contributed by atoms with Crippen molar-refractivity contribution in [2.45, 2.75) is 0 Å². The summed E-state index contributed by atoms with van der Waals surface area (Å²) in [6.07, 6.45) is 3.19. The van der Waals surface area contributed by atoms with E-state index >= 15 is 0 Å². The summed E-state index contributed by atoms with van der Waals surface area (Å²) in [5.74, 6) is 1.16. The van der Waals surface area contributed by atoms with Gasteiger partial charge in [-0.3, -0.25) is 0 Å². The number of allylic oxidation sites excluding steroid dienone is 4. The molecule has 0 atom stereocenters. The van der Waals surface area contributed by atoms with Gasteiger partial charge in [0.25, 0.3) is 0 Å².